The van der Waals surface area contributed by atoms with E-state index in [0.717, 1.165) is 31.7 Å². The van der Waals surface area contributed by atoms with Gasteiger partial charge in [0, 0.05) is 32.2 Å². The molecule has 0 spiro atoms. The molecule has 0 aliphatic carbocycles. The third-order valence-corrected chi connectivity index (χ3v) is 3.13. The number of halogens is 4. The second-order valence-electron chi connectivity index (χ2n) is 4.14. The molecule has 1 atom stereocenters. The van der Waals surface area contributed by atoms with Gasteiger partial charge in [0.05, 0.1) is 0 Å². The summed E-state index contributed by atoms with van der Waals surface area (Å²) in [6.07, 6.45) is 0. The number of nitrogens with one attached hydrogen (secondary N) is 1. The molecule has 0 aromatic heterocycles. The molecule has 1 fully saturated rings. The molecule has 18 heavy (non-hydrogen) atoms. The fraction of sp³-hybridized carbons (Fsp3) is 0.500. The summed E-state index contributed by atoms with van der Waals surface area (Å²) in [6, 6.07) is 4.29. The molecule has 6 heteroatoms. The minimum Gasteiger partial charge on any atom is -0.314 e. The maximum absolute atomic E-state index is 13.1. The lowest BCUT2D eigenvalue weighted by atomic mass is 10.1. The predicted octanol–water partition coefficient (Wildman–Crippen LogP) is 2.77. The van der Waals surface area contributed by atoms with Crippen LogP contribution in [0.15, 0.2) is 18.2 Å². The predicted molar refractivity (Wildman–Crippen MR) is 73.7 cm³/mol. The number of hydrogen-bond acceptors (Lipinski definition) is 2. The molecule has 0 amide bonds. The number of hydrogen-bond donors (Lipinski definition) is 1. The van der Waals surface area contributed by atoms with E-state index in [-0.39, 0.29) is 30.9 Å². The molecular weight excluding hydrogens is 281 g/mol. The summed E-state index contributed by atoms with van der Waals surface area (Å²) in [6.45, 7) is 5.82. The van der Waals surface area contributed by atoms with Crippen LogP contribution < -0.4 is 5.32 Å². The number of nitrogens with zero attached hydrogens (tertiary/aromatic N) is 1. The van der Waals surface area contributed by atoms with Crippen molar-refractivity contribution >= 4 is 24.8 Å². The van der Waals surface area contributed by atoms with Gasteiger partial charge >= 0.3 is 0 Å². The molecule has 0 unspecified atom stereocenters. The lowest BCUT2D eigenvalue weighted by Crippen LogP contribution is -2.44. The van der Waals surface area contributed by atoms with E-state index in [1.165, 1.54) is 12.1 Å². The standard InChI is InChI=1S/C12H16F2N2.2ClH/c1-9(16-6-4-15-5-7-16)10-2-3-11(13)12(14)8-10;;/h2-3,8-9,15H,4-7H2,1H3;2*1H/t9-;;/m1../s1. The zero-order valence-corrected chi connectivity index (χ0v) is 11.8. The highest BCUT2D eigenvalue weighted by Gasteiger charge is 2.18. The van der Waals surface area contributed by atoms with Gasteiger partial charge in [0.2, 0.25) is 0 Å². The molecule has 0 saturated carbocycles. The quantitative estimate of drug-likeness (QED) is 0.903. The molecular formula is C12H18Cl2F2N2. The summed E-state index contributed by atoms with van der Waals surface area (Å²) in [5, 5.41) is 3.27. The Labute approximate surface area is 119 Å². The minimum absolute atomic E-state index is 0. The van der Waals surface area contributed by atoms with E-state index in [4.69, 9.17) is 0 Å². The lowest BCUT2D eigenvalue weighted by molar-refractivity contribution is 0.185. The number of rotatable bonds is 2. The summed E-state index contributed by atoms with van der Waals surface area (Å²) in [5.74, 6) is -1.55. The van der Waals surface area contributed by atoms with Crippen LogP contribution in [0.4, 0.5) is 8.78 Å². The second-order valence-corrected chi connectivity index (χ2v) is 4.14. The van der Waals surface area contributed by atoms with Gasteiger partial charge in [0.15, 0.2) is 11.6 Å². The zero-order valence-electron chi connectivity index (χ0n) is 10.2. The first-order valence-electron chi connectivity index (χ1n) is 5.58. The van der Waals surface area contributed by atoms with E-state index in [1.807, 2.05) is 6.92 Å². The Bertz CT molecular complexity index is 371. The summed E-state index contributed by atoms with van der Waals surface area (Å²) in [4.78, 5) is 2.27. The Kier molecular flexibility index (Phi) is 7.71. The first kappa shape index (κ1) is 17.6. The summed E-state index contributed by atoms with van der Waals surface area (Å²) >= 11 is 0. The maximum atomic E-state index is 13.1. The van der Waals surface area contributed by atoms with Crippen molar-refractivity contribution in [2.75, 3.05) is 26.2 Å². The van der Waals surface area contributed by atoms with Gasteiger partial charge in [-0.1, -0.05) is 6.07 Å². The van der Waals surface area contributed by atoms with Crippen LogP contribution in [0.3, 0.4) is 0 Å². The van der Waals surface area contributed by atoms with Crippen molar-refractivity contribution in [2.24, 2.45) is 0 Å². The molecule has 1 aliphatic rings. The summed E-state index contributed by atoms with van der Waals surface area (Å²) in [5.41, 5.74) is 0.834. The average molecular weight is 299 g/mol. The Morgan fingerprint density at radius 2 is 1.72 bits per heavy atom. The molecule has 2 nitrogen and oxygen atoms in total. The Balaban J connectivity index is 0.00000144. The fourth-order valence-corrected chi connectivity index (χ4v) is 2.05. The van der Waals surface area contributed by atoms with Crippen molar-refractivity contribution in [3.63, 3.8) is 0 Å². The normalized spacial score (nSPS) is 17.5. The number of piperazine rings is 1. The zero-order chi connectivity index (χ0) is 11.5. The lowest BCUT2D eigenvalue weighted by Gasteiger charge is -2.33. The van der Waals surface area contributed by atoms with Gasteiger partial charge in [0.25, 0.3) is 0 Å². The first-order valence-corrected chi connectivity index (χ1v) is 5.58. The van der Waals surface area contributed by atoms with Gasteiger partial charge in [0.1, 0.15) is 0 Å². The van der Waals surface area contributed by atoms with E-state index in [9.17, 15) is 8.78 Å². The van der Waals surface area contributed by atoms with Gasteiger partial charge in [-0.15, -0.1) is 24.8 Å². The van der Waals surface area contributed by atoms with Gasteiger partial charge in [-0.25, -0.2) is 8.78 Å². The molecule has 1 aromatic rings. The topological polar surface area (TPSA) is 15.3 Å². The van der Waals surface area contributed by atoms with Gasteiger partial charge in [-0.2, -0.15) is 0 Å². The van der Waals surface area contributed by atoms with E-state index >= 15 is 0 Å². The largest absolute Gasteiger partial charge is 0.314 e. The van der Waals surface area contributed by atoms with E-state index in [0.29, 0.717) is 0 Å². The Hall–Kier alpha value is -0.420. The van der Waals surface area contributed by atoms with Crippen molar-refractivity contribution in [3.8, 4) is 0 Å². The highest BCUT2D eigenvalue weighted by atomic mass is 35.5. The average Bonchev–Trinajstić information content (AvgIpc) is 2.33. The van der Waals surface area contributed by atoms with E-state index < -0.39 is 11.6 Å². The third-order valence-electron chi connectivity index (χ3n) is 3.13. The van der Waals surface area contributed by atoms with Crippen LogP contribution in [-0.2, 0) is 0 Å². The van der Waals surface area contributed by atoms with Crippen molar-refractivity contribution < 1.29 is 8.78 Å². The van der Waals surface area contributed by atoms with Crippen LogP contribution >= 0.6 is 24.8 Å². The van der Waals surface area contributed by atoms with Gasteiger partial charge < -0.3 is 5.32 Å². The van der Waals surface area contributed by atoms with Gasteiger partial charge in [-0.05, 0) is 24.6 Å². The van der Waals surface area contributed by atoms with Crippen molar-refractivity contribution in [1.82, 2.24) is 10.2 Å². The Morgan fingerprint density at radius 1 is 1.11 bits per heavy atom. The van der Waals surface area contributed by atoms with Gasteiger partial charge in [-0.3, -0.25) is 4.90 Å². The minimum atomic E-state index is -0.781. The molecule has 1 aliphatic heterocycles. The molecule has 1 saturated heterocycles. The molecule has 2 rings (SSSR count). The molecule has 0 bridgehead atoms. The molecule has 1 N–H and O–H groups in total. The highest BCUT2D eigenvalue weighted by molar-refractivity contribution is 5.85. The van der Waals surface area contributed by atoms with Crippen LogP contribution in [0, 0.1) is 11.6 Å². The first-order chi connectivity index (χ1) is 7.68. The van der Waals surface area contributed by atoms with Crippen LogP contribution in [0.2, 0.25) is 0 Å². The fourth-order valence-electron chi connectivity index (χ4n) is 2.05. The van der Waals surface area contributed by atoms with E-state index in [1.54, 1.807) is 6.07 Å². The summed E-state index contributed by atoms with van der Waals surface area (Å²) < 4.78 is 25.9. The monoisotopic (exact) mass is 298 g/mol. The van der Waals surface area contributed by atoms with Crippen LogP contribution in [-0.4, -0.2) is 31.1 Å². The number of benzene rings is 1. The van der Waals surface area contributed by atoms with Crippen LogP contribution in [0.25, 0.3) is 0 Å². The van der Waals surface area contributed by atoms with Crippen molar-refractivity contribution in [3.05, 3.63) is 35.4 Å². The highest BCUT2D eigenvalue weighted by Crippen LogP contribution is 2.22. The Morgan fingerprint density at radius 3 is 2.28 bits per heavy atom. The second kappa shape index (κ2) is 7.89. The van der Waals surface area contributed by atoms with Crippen molar-refractivity contribution in [2.45, 2.75) is 13.0 Å². The van der Waals surface area contributed by atoms with Crippen molar-refractivity contribution in [1.29, 1.82) is 0 Å². The molecule has 1 heterocycles. The SMILES string of the molecule is C[C@H](c1ccc(F)c(F)c1)N1CCNCC1.Cl.Cl. The molecule has 104 valence electrons. The smallest absolute Gasteiger partial charge is 0.159 e. The third kappa shape index (κ3) is 4.05. The maximum Gasteiger partial charge on any atom is 0.159 e. The molecule has 1 aromatic carbocycles. The summed E-state index contributed by atoms with van der Waals surface area (Å²) in [7, 11) is 0. The van der Waals surface area contributed by atoms with E-state index in [2.05, 4.69) is 10.2 Å². The molecule has 0 radical (unpaired) electrons. The van der Waals surface area contributed by atoms with Crippen LogP contribution in [0.5, 0.6) is 0 Å². The van der Waals surface area contributed by atoms with Crippen LogP contribution in [0.1, 0.15) is 18.5 Å².